The second-order valence-corrected chi connectivity index (χ2v) is 4.57. The van der Waals surface area contributed by atoms with Gasteiger partial charge in [-0.05, 0) is 19.8 Å². The summed E-state index contributed by atoms with van der Waals surface area (Å²) in [6.45, 7) is 1.34. The Labute approximate surface area is 94.3 Å². The van der Waals surface area contributed by atoms with Crippen LogP contribution in [0.2, 0.25) is 0 Å². The number of halogens is 3. The summed E-state index contributed by atoms with van der Waals surface area (Å²) in [7, 11) is 0. The van der Waals surface area contributed by atoms with E-state index in [-0.39, 0.29) is 6.10 Å². The Hall–Kier alpha value is -0.290. The normalized spacial score (nSPS) is 23.8. The zero-order chi connectivity index (χ0) is 12.2. The molecule has 2 N–H and O–H groups in total. The summed E-state index contributed by atoms with van der Waals surface area (Å²) in [4.78, 5) is 0. The topological polar surface area (TPSA) is 35.2 Å². The fraction of sp³-hybridized carbons (Fsp3) is 1.00. The van der Waals surface area contributed by atoms with Crippen molar-refractivity contribution in [3.05, 3.63) is 0 Å². The molecule has 0 amide bonds. The first kappa shape index (κ1) is 13.8. The van der Waals surface area contributed by atoms with Gasteiger partial charge in [-0.25, -0.2) is 0 Å². The van der Waals surface area contributed by atoms with E-state index >= 15 is 0 Å². The van der Waals surface area contributed by atoms with E-state index < -0.39 is 18.3 Å². The van der Waals surface area contributed by atoms with E-state index in [0.717, 1.165) is 38.5 Å². The molecule has 0 heterocycles. The Morgan fingerprint density at radius 1 is 1.12 bits per heavy atom. The average Bonchev–Trinajstić information content (AvgIpc) is 2.39. The summed E-state index contributed by atoms with van der Waals surface area (Å²) in [5.41, 5.74) is 5.33. The van der Waals surface area contributed by atoms with Crippen LogP contribution in [0.25, 0.3) is 0 Å². The van der Waals surface area contributed by atoms with Crippen molar-refractivity contribution in [1.29, 1.82) is 0 Å². The fourth-order valence-electron chi connectivity index (χ4n) is 2.08. The molecule has 1 aliphatic rings. The molecule has 0 aromatic rings. The van der Waals surface area contributed by atoms with Crippen molar-refractivity contribution in [3.8, 4) is 0 Å². The maximum Gasteiger partial charge on any atom is 0.416 e. The van der Waals surface area contributed by atoms with Gasteiger partial charge in [-0.1, -0.05) is 25.7 Å². The van der Waals surface area contributed by atoms with Crippen molar-refractivity contribution >= 4 is 0 Å². The molecule has 2 nitrogen and oxygen atoms in total. The average molecular weight is 239 g/mol. The molecule has 1 rings (SSSR count). The zero-order valence-corrected chi connectivity index (χ0v) is 9.59. The third-order valence-electron chi connectivity index (χ3n) is 2.94. The molecule has 0 aliphatic heterocycles. The van der Waals surface area contributed by atoms with E-state index in [4.69, 9.17) is 10.5 Å². The van der Waals surface area contributed by atoms with E-state index in [1.54, 1.807) is 0 Å². The minimum absolute atomic E-state index is 0.278. The molecule has 1 aliphatic carbocycles. The summed E-state index contributed by atoms with van der Waals surface area (Å²) >= 11 is 0. The number of alkyl halides is 3. The summed E-state index contributed by atoms with van der Waals surface area (Å²) < 4.78 is 43.0. The Balaban J connectivity index is 2.53. The van der Waals surface area contributed by atoms with E-state index in [9.17, 15) is 13.2 Å². The molecule has 16 heavy (non-hydrogen) atoms. The smallest absolute Gasteiger partial charge is 0.364 e. The highest BCUT2D eigenvalue weighted by Crippen LogP contribution is 2.29. The lowest BCUT2D eigenvalue weighted by molar-refractivity contribution is -0.238. The van der Waals surface area contributed by atoms with Crippen molar-refractivity contribution in [2.45, 2.75) is 69.9 Å². The molecule has 1 fully saturated rings. The van der Waals surface area contributed by atoms with Crippen molar-refractivity contribution in [2.75, 3.05) is 0 Å². The van der Waals surface area contributed by atoms with Gasteiger partial charge in [0.15, 0.2) is 6.10 Å². The SMILES string of the molecule is CC(N)C(OC1CCCCCC1)C(F)(F)F. The van der Waals surface area contributed by atoms with Gasteiger partial charge in [-0.15, -0.1) is 0 Å². The number of ether oxygens (including phenoxy) is 1. The van der Waals surface area contributed by atoms with Crippen molar-refractivity contribution in [2.24, 2.45) is 5.73 Å². The van der Waals surface area contributed by atoms with Crippen LogP contribution in [0, 0.1) is 0 Å². The number of nitrogens with two attached hydrogens (primary N) is 1. The Morgan fingerprint density at radius 2 is 1.62 bits per heavy atom. The second kappa shape index (κ2) is 5.87. The molecule has 0 bridgehead atoms. The lowest BCUT2D eigenvalue weighted by atomic mass is 10.1. The number of rotatable bonds is 3. The molecule has 0 saturated heterocycles. The van der Waals surface area contributed by atoms with Crippen LogP contribution in [0.4, 0.5) is 13.2 Å². The first-order valence-electron chi connectivity index (χ1n) is 5.89. The third-order valence-corrected chi connectivity index (χ3v) is 2.94. The minimum atomic E-state index is -4.36. The monoisotopic (exact) mass is 239 g/mol. The summed E-state index contributed by atoms with van der Waals surface area (Å²) in [5, 5.41) is 0. The van der Waals surface area contributed by atoms with Crippen LogP contribution in [-0.4, -0.2) is 24.4 Å². The Morgan fingerprint density at radius 3 is 2.00 bits per heavy atom. The largest absolute Gasteiger partial charge is 0.416 e. The van der Waals surface area contributed by atoms with Gasteiger partial charge in [0.2, 0.25) is 0 Å². The van der Waals surface area contributed by atoms with E-state index in [2.05, 4.69) is 0 Å². The predicted octanol–water partition coefficient (Wildman–Crippen LogP) is 3.00. The highest BCUT2D eigenvalue weighted by atomic mass is 19.4. The van der Waals surface area contributed by atoms with Crippen LogP contribution >= 0.6 is 0 Å². The maximum absolute atomic E-state index is 12.6. The van der Waals surface area contributed by atoms with Gasteiger partial charge in [0.1, 0.15) is 0 Å². The van der Waals surface area contributed by atoms with Gasteiger partial charge < -0.3 is 10.5 Å². The molecule has 0 aromatic carbocycles. The lowest BCUT2D eigenvalue weighted by Crippen LogP contribution is -2.47. The van der Waals surface area contributed by atoms with Crippen molar-refractivity contribution < 1.29 is 17.9 Å². The van der Waals surface area contributed by atoms with Gasteiger partial charge in [-0.3, -0.25) is 0 Å². The molecule has 0 spiro atoms. The maximum atomic E-state index is 12.6. The molecule has 2 atom stereocenters. The van der Waals surface area contributed by atoms with Crippen LogP contribution in [0.1, 0.15) is 45.4 Å². The first-order chi connectivity index (χ1) is 7.41. The van der Waals surface area contributed by atoms with Crippen LogP contribution in [-0.2, 0) is 4.74 Å². The molecular weight excluding hydrogens is 219 g/mol. The van der Waals surface area contributed by atoms with Gasteiger partial charge >= 0.3 is 6.18 Å². The fourth-order valence-corrected chi connectivity index (χ4v) is 2.08. The van der Waals surface area contributed by atoms with Gasteiger partial charge in [0.25, 0.3) is 0 Å². The molecule has 0 radical (unpaired) electrons. The first-order valence-corrected chi connectivity index (χ1v) is 5.89. The number of hydrogen-bond donors (Lipinski definition) is 1. The van der Waals surface area contributed by atoms with Crippen LogP contribution < -0.4 is 5.73 Å². The van der Waals surface area contributed by atoms with Gasteiger partial charge in [0.05, 0.1) is 6.10 Å². The summed E-state index contributed by atoms with van der Waals surface area (Å²) in [6.07, 6.45) is -0.930. The molecule has 5 heteroatoms. The lowest BCUT2D eigenvalue weighted by Gasteiger charge is -2.28. The molecule has 0 aromatic heterocycles. The van der Waals surface area contributed by atoms with Gasteiger partial charge in [0, 0.05) is 6.04 Å². The zero-order valence-electron chi connectivity index (χ0n) is 9.59. The third kappa shape index (κ3) is 4.29. The van der Waals surface area contributed by atoms with E-state index in [1.807, 2.05) is 0 Å². The molecule has 96 valence electrons. The molecule has 1 saturated carbocycles. The van der Waals surface area contributed by atoms with Crippen molar-refractivity contribution in [3.63, 3.8) is 0 Å². The van der Waals surface area contributed by atoms with Crippen LogP contribution in [0.3, 0.4) is 0 Å². The van der Waals surface area contributed by atoms with Crippen LogP contribution in [0.5, 0.6) is 0 Å². The molecule has 2 unspecified atom stereocenters. The quantitative estimate of drug-likeness (QED) is 0.768. The summed E-state index contributed by atoms with van der Waals surface area (Å²) in [6, 6.07) is -1.01. The Bertz CT molecular complexity index is 198. The summed E-state index contributed by atoms with van der Waals surface area (Å²) in [5.74, 6) is 0. The van der Waals surface area contributed by atoms with E-state index in [0.29, 0.717) is 0 Å². The van der Waals surface area contributed by atoms with E-state index in [1.165, 1.54) is 6.92 Å². The number of hydrogen-bond acceptors (Lipinski definition) is 2. The standard InChI is InChI=1S/C11H20F3NO/c1-8(15)10(11(12,13)14)16-9-6-4-2-3-5-7-9/h8-10H,2-7,15H2,1H3. The molecular formula is C11H20F3NO. The highest BCUT2D eigenvalue weighted by molar-refractivity contribution is 4.79. The minimum Gasteiger partial charge on any atom is -0.364 e. The predicted molar refractivity (Wildman–Crippen MR) is 56.1 cm³/mol. The Kier molecular flexibility index (Phi) is 5.05. The second-order valence-electron chi connectivity index (χ2n) is 4.57. The van der Waals surface area contributed by atoms with Crippen LogP contribution in [0.15, 0.2) is 0 Å². The van der Waals surface area contributed by atoms with Crippen molar-refractivity contribution in [1.82, 2.24) is 0 Å². The highest BCUT2D eigenvalue weighted by Gasteiger charge is 2.44. The van der Waals surface area contributed by atoms with Gasteiger partial charge in [-0.2, -0.15) is 13.2 Å².